The molecule has 4 aromatic rings. The zero-order valence-electron chi connectivity index (χ0n) is 19.2. The molecule has 11 nitrogen and oxygen atoms in total. The Hall–Kier alpha value is -4.14. The van der Waals surface area contributed by atoms with Crippen LogP contribution in [0, 0.1) is 24.2 Å². The summed E-state index contributed by atoms with van der Waals surface area (Å²) in [5.41, 5.74) is 23.3. The van der Waals surface area contributed by atoms with Gasteiger partial charge in [-0.05, 0) is 49.4 Å². The molecular weight excluding hydrogens is 503 g/mol. The van der Waals surface area contributed by atoms with Crippen LogP contribution in [-0.4, -0.2) is 24.5 Å². The molecule has 36 heavy (non-hydrogen) atoms. The minimum Gasteiger partial charge on any atom is -0.384 e. The Morgan fingerprint density at radius 2 is 1.72 bits per heavy atom. The number of aryl methyl sites for hydroxylation is 1. The maximum atomic E-state index is 13.3. The maximum Gasteiger partial charge on any atom is 0.267 e. The predicted octanol–water partition coefficient (Wildman–Crippen LogP) is 3.03. The van der Waals surface area contributed by atoms with Gasteiger partial charge < -0.3 is 22.9 Å². The van der Waals surface area contributed by atoms with Crippen molar-refractivity contribution in [2.75, 3.05) is 22.9 Å². The predicted molar refractivity (Wildman–Crippen MR) is 141 cm³/mol. The van der Waals surface area contributed by atoms with Gasteiger partial charge in [-0.25, -0.2) is 9.97 Å². The second kappa shape index (κ2) is 9.85. The molecule has 0 saturated heterocycles. The normalized spacial score (nSPS) is 12.6. The topological polar surface area (TPSA) is 201 Å². The average Bonchev–Trinajstić information content (AvgIpc) is 3.61. The van der Waals surface area contributed by atoms with E-state index in [1.807, 2.05) is 6.92 Å². The summed E-state index contributed by atoms with van der Waals surface area (Å²) in [4.78, 5) is 29.2. The number of hydrogen-bond donors (Lipinski definition) is 4. The summed E-state index contributed by atoms with van der Waals surface area (Å²) in [5.74, 6) is 1.64. The van der Waals surface area contributed by atoms with Crippen LogP contribution in [0.3, 0.4) is 0 Å². The molecule has 184 valence electrons. The lowest BCUT2D eigenvalue weighted by Gasteiger charge is -2.16. The highest BCUT2D eigenvalue weighted by atomic mass is 35.5. The summed E-state index contributed by atoms with van der Waals surface area (Å²) in [6.07, 6.45) is 4.62. The Morgan fingerprint density at radius 1 is 1.08 bits per heavy atom. The number of benzene rings is 1. The van der Waals surface area contributed by atoms with Crippen molar-refractivity contribution in [3.63, 3.8) is 0 Å². The van der Waals surface area contributed by atoms with Crippen molar-refractivity contribution in [2.24, 2.45) is 5.92 Å². The first-order valence-corrected chi connectivity index (χ1v) is 11.6. The van der Waals surface area contributed by atoms with Crippen LogP contribution >= 0.6 is 23.2 Å². The number of anilines is 4. The summed E-state index contributed by atoms with van der Waals surface area (Å²) < 4.78 is 1.60. The van der Waals surface area contributed by atoms with Crippen molar-refractivity contribution in [1.82, 2.24) is 24.5 Å². The van der Waals surface area contributed by atoms with E-state index < -0.39 is 0 Å². The summed E-state index contributed by atoms with van der Waals surface area (Å²) >= 11 is 12.6. The largest absolute Gasteiger partial charge is 0.384 e. The molecule has 1 aromatic carbocycles. The third-order valence-electron chi connectivity index (χ3n) is 5.60. The van der Waals surface area contributed by atoms with Crippen molar-refractivity contribution in [2.45, 2.75) is 26.2 Å². The molecule has 0 aliphatic heterocycles. The number of nitrogen functional groups attached to an aromatic ring is 4. The highest BCUT2D eigenvalue weighted by molar-refractivity contribution is 6.39. The van der Waals surface area contributed by atoms with Crippen LogP contribution in [-0.2, 0) is 6.42 Å². The lowest BCUT2D eigenvalue weighted by Crippen LogP contribution is -2.25. The lowest BCUT2D eigenvalue weighted by molar-refractivity contribution is 0.725. The minimum absolute atomic E-state index is 0.0116. The summed E-state index contributed by atoms with van der Waals surface area (Å²) in [6.45, 7) is 1.89. The van der Waals surface area contributed by atoms with Gasteiger partial charge in [0.15, 0.2) is 0 Å². The van der Waals surface area contributed by atoms with E-state index >= 15 is 0 Å². The number of nitrogens with two attached hydrogens (primary N) is 4. The molecule has 0 amide bonds. The van der Waals surface area contributed by atoms with Crippen LogP contribution in [0.25, 0.3) is 16.6 Å². The van der Waals surface area contributed by atoms with E-state index in [1.54, 1.807) is 35.0 Å². The fourth-order valence-corrected chi connectivity index (χ4v) is 4.09. The summed E-state index contributed by atoms with van der Waals surface area (Å²) in [6, 6.07) is 6.79. The lowest BCUT2D eigenvalue weighted by atomic mass is 10.1. The van der Waals surface area contributed by atoms with Gasteiger partial charge in [-0.2, -0.15) is 15.2 Å². The van der Waals surface area contributed by atoms with E-state index in [4.69, 9.17) is 56.4 Å². The SMILES string of the molecule is Cc1cc(N)ncc1-n1c(CC2CC2)nc2c(Cl)ccc(Cl)c2c1=O.N#Cc1c(N)nc(N)nc1N. The van der Waals surface area contributed by atoms with Crippen LogP contribution < -0.4 is 28.5 Å². The Balaban J connectivity index is 0.000000233. The zero-order valence-corrected chi connectivity index (χ0v) is 20.7. The standard InChI is InChI=1S/C18H16Cl2N4O.C5H6N6/c1-9-6-14(21)22-8-13(9)24-15(7-10-2-3-10)23-17-12(20)5-4-11(19)16(17)18(24)25;6-1-2-3(7)10-5(9)11-4(2)8/h4-6,8,10H,2-3,7H2,1H3,(H2,21,22);(H6,7,8,9,10,11). The van der Waals surface area contributed by atoms with Crippen molar-refractivity contribution >= 4 is 57.5 Å². The van der Waals surface area contributed by atoms with Gasteiger partial charge in [-0.15, -0.1) is 0 Å². The molecule has 1 aliphatic rings. The average molecular weight is 525 g/mol. The number of nitrogens with zero attached hydrogens (tertiary/aromatic N) is 6. The molecule has 3 heterocycles. The van der Waals surface area contributed by atoms with Gasteiger partial charge in [-0.3, -0.25) is 9.36 Å². The van der Waals surface area contributed by atoms with Gasteiger partial charge in [0.1, 0.15) is 34.9 Å². The van der Waals surface area contributed by atoms with Crippen molar-refractivity contribution in [3.05, 3.63) is 61.7 Å². The van der Waals surface area contributed by atoms with Gasteiger partial charge in [0.25, 0.3) is 5.56 Å². The van der Waals surface area contributed by atoms with E-state index in [0.717, 1.165) is 24.8 Å². The molecule has 3 aromatic heterocycles. The molecule has 1 saturated carbocycles. The van der Waals surface area contributed by atoms with Crippen LogP contribution in [0.4, 0.5) is 23.4 Å². The third-order valence-corrected chi connectivity index (χ3v) is 6.22. The molecule has 0 atom stereocenters. The minimum atomic E-state index is -0.233. The second-order valence-corrected chi connectivity index (χ2v) is 9.12. The number of halogens is 2. The molecule has 13 heteroatoms. The van der Waals surface area contributed by atoms with E-state index in [-0.39, 0.29) is 28.7 Å². The molecule has 1 aliphatic carbocycles. The number of hydrogen-bond acceptors (Lipinski definition) is 10. The Labute approximate surface area is 215 Å². The van der Waals surface area contributed by atoms with E-state index in [2.05, 4.69) is 15.0 Å². The molecule has 0 radical (unpaired) electrons. The quantitative estimate of drug-likeness (QED) is 0.308. The Morgan fingerprint density at radius 3 is 2.31 bits per heavy atom. The van der Waals surface area contributed by atoms with Crippen LogP contribution in [0.5, 0.6) is 0 Å². The number of fused-ring (bicyclic) bond motifs is 1. The fraction of sp³-hybridized carbons (Fsp3) is 0.217. The third kappa shape index (κ3) is 4.95. The van der Waals surface area contributed by atoms with Crippen LogP contribution in [0.1, 0.15) is 29.8 Å². The molecule has 5 rings (SSSR count). The van der Waals surface area contributed by atoms with Gasteiger partial charge in [0, 0.05) is 6.42 Å². The molecule has 0 bridgehead atoms. The first kappa shape index (κ1) is 25.0. The van der Waals surface area contributed by atoms with Crippen LogP contribution in [0.15, 0.2) is 29.2 Å². The molecule has 1 fully saturated rings. The first-order chi connectivity index (χ1) is 17.1. The van der Waals surface area contributed by atoms with E-state index in [1.165, 1.54) is 0 Å². The highest BCUT2D eigenvalue weighted by Crippen LogP contribution is 2.34. The first-order valence-electron chi connectivity index (χ1n) is 10.8. The molecule has 8 N–H and O–H groups in total. The summed E-state index contributed by atoms with van der Waals surface area (Å²) in [7, 11) is 0. The van der Waals surface area contributed by atoms with Gasteiger partial charge >= 0.3 is 0 Å². The van der Waals surface area contributed by atoms with Crippen molar-refractivity contribution < 1.29 is 0 Å². The molecule has 0 unspecified atom stereocenters. The monoisotopic (exact) mass is 524 g/mol. The highest BCUT2D eigenvalue weighted by Gasteiger charge is 2.26. The van der Waals surface area contributed by atoms with Crippen molar-refractivity contribution in [1.29, 1.82) is 5.26 Å². The number of pyridine rings is 1. The zero-order chi connectivity index (χ0) is 26.1. The Bertz CT molecular complexity index is 1570. The fourth-order valence-electron chi connectivity index (χ4n) is 3.66. The van der Waals surface area contributed by atoms with E-state index in [0.29, 0.717) is 44.2 Å². The van der Waals surface area contributed by atoms with Gasteiger partial charge in [0.2, 0.25) is 5.95 Å². The smallest absolute Gasteiger partial charge is 0.267 e. The molecular formula is C23H22Cl2N10O. The Kier molecular flexibility index (Phi) is 6.83. The summed E-state index contributed by atoms with van der Waals surface area (Å²) in [5, 5.41) is 9.54. The van der Waals surface area contributed by atoms with Gasteiger partial charge in [-0.1, -0.05) is 23.2 Å². The second-order valence-electron chi connectivity index (χ2n) is 8.30. The van der Waals surface area contributed by atoms with Crippen molar-refractivity contribution in [3.8, 4) is 11.8 Å². The van der Waals surface area contributed by atoms with Crippen LogP contribution in [0.2, 0.25) is 10.0 Å². The number of rotatable bonds is 3. The van der Waals surface area contributed by atoms with E-state index in [9.17, 15) is 4.79 Å². The molecule has 0 spiro atoms. The van der Waals surface area contributed by atoms with Gasteiger partial charge in [0.05, 0.1) is 32.8 Å². The maximum absolute atomic E-state index is 13.3. The number of nitriles is 1. The number of aromatic nitrogens is 5.